The van der Waals surface area contributed by atoms with Crippen molar-refractivity contribution in [1.82, 2.24) is 24.7 Å². The van der Waals surface area contributed by atoms with Crippen molar-refractivity contribution in [3.8, 4) is 5.69 Å². The molecule has 1 aromatic carbocycles. The highest BCUT2D eigenvalue weighted by Crippen LogP contribution is 2.26. The molecule has 7 heteroatoms. The first-order chi connectivity index (χ1) is 11.9. The molecular formula is C17H16N6O. The zero-order valence-corrected chi connectivity index (χ0v) is 13.0. The van der Waals surface area contributed by atoms with Crippen molar-refractivity contribution in [3.05, 3.63) is 43.0 Å². The van der Waals surface area contributed by atoms with Crippen LogP contribution < -0.4 is 4.90 Å². The van der Waals surface area contributed by atoms with Crippen molar-refractivity contribution >= 4 is 27.8 Å². The van der Waals surface area contributed by atoms with Crippen LogP contribution in [0.4, 0.5) is 5.82 Å². The molecule has 1 aliphatic rings. The fraction of sp³-hybridized carbons (Fsp3) is 0.235. The maximum Gasteiger partial charge on any atom is 0.168 e. The van der Waals surface area contributed by atoms with Crippen molar-refractivity contribution in [2.45, 2.75) is 0 Å². The minimum absolute atomic E-state index is 0.726. The quantitative estimate of drug-likeness (QED) is 0.612. The number of H-pyrrole nitrogens is 1. The number of ether oxygens (including phenoxy) is 1. The lowest BCUT2D eigenvalue weighted by Crippen LogP contribution is -2.36. The number of nitrogens with zero attached hydrogens (tertiary/aromatic N) is 5. The standard InChI is InChI=1S/C17H16N6O/c1-2-15-12(3-4-18-15)9-13(1)23-17-14(10-21-23)16(19-11-20-17)22-5-7-24-8-6-22/h1-4,9-11,18H,5-8H2. The Balaban J connectivity index is 1.64. The number of benzene rings is 1. The molecular weight excluding hydrogens is 304 g/mol. The first-order valence-corrected chi connectivity index (χ1v) is 7.99. The van der Waals surface area contributed by atoms with Crippen LogP contribution in [-0.2, 0) is 4.74 Å². The van der Waals surface area contributed by atoms with Gasteiger partial charge < -0.3 is 14.6 Å². The number of rotatable bonds is 2. The molecule has 4 heterocycles. The van der Waals surface area contributed by atoms with Crippen LogP contribution in [0.5, 0.6) is 0 Å². The maximum atomic E-state index is 5.43. The van der Waals surface area contributed by atoms with Gasteiger partial charge in [0.15, 0.2) is 5.65 Å². The van der Waals surface area contributed by atoms with Crippen LogP contribution in [0.25, 0.3) is 27.6 Å². The SMILES string of the molecule is c1nc(N2CCOCC2)c2cnn(-c3ccc4[nH]ccc4c3)c2n1. The number of anilines is 1. The van der Waals surface area contributed by atoms with Gasteiger partial charge in [0.25, 0.3) is 0 Å². The normalized spacial score (nSPS) is 15.4. The van der Waals surface area contributed by atoms with E-state index in [0.717, 1.165) is 59.7 Å². The van der Waals surface area contributed by atoms with Gasteiger partial charge in [-0.25, -0.2) is 14.6 Å². The number of hydrogen-bond acceptors (Lipinski definition) is 5. The minimum Gasteiger partial charge on any atom is -0.378 e. The second-order valence-corrected chi connectivity index (χ2v) is 5.84. The molecule has 3 aromatic heterocycles. The van der Waals surface area contributed by atoms with Crippen LogP contribution in [0.2, 0.25) is 0 Å². The highest BCUT2D eigenvalue weighted by atomic mass is 16.5. The zero-order valence-electron chi connectivity index (χ0n) is 13.0. The Morgan fingerprint density at radius 1 is 1.08 bits per heavy atom. The Hall–Kier alpha value is -2.93. The van der Waals surface area contributed by atoms with Crippen LogP contribution in [0.1, 0.15) is 0 Å². The number of fused-ring (bicyclic) bond motifs is 2. The fourth-order valence-electron chi connectivity index (χ4n) is 3.22. The molecule has 24 heavy (non-hydrogen) atoms. The Labute approximate surface area is 137 Å². The predicted octanol–water partition coefficient (Wildman–Crippen LogP) is 2.13. The van der Waals surface area contributed by atoms with E-state index in [9.17, 15) is 0 Å². The molecule has 1 aliphatic heterocycles. The Kier molecular flexibility index (Phi) is 2.99. The zero-order chi connectivity index (χ0) is 15.9. The number of hydrogen-bond donors (Lipinski definition) is 1. The number of aromatic nitrogens is 5. The Morgan fingerprint density at radius 3 is 2.92 bits per heavy atom. The summed E-state index contributed by atoms with van der Waals surface area (Å²) < 4.78 is 7.30. The van der Waals surface area contributed by atoms with Crippen molar-refractivity contribution in [2.24, 2.45) is 0 Å². The molecule has 4 aromatic rings. The summed E-state index contributed by atoms with van der Waals surface area (Å²) in [7, 11) is 0. The first kappa shape index (κ1) is 13.5. The summed E-state index contributed by atoms with van der Waals surface area (Å²) in [4.78, 5) is 14.4. The van der Waals surface area contributed by atoms with E-state index in [4.69, 9.17) is 4.74 Å². The summed E-state index contributed by atoms with van der Waals surface area (Å²) in [5, 5.41) is 6.68. The molecule has 0 atom stereocenters. The van der Waals surface area contributed by atoms with E-state index in [2.05, 4.69) is 43.1 Å². The van der Waals surface area contributed by atoms with Crippen LogP contribution in [0.15, 0.2) is 43.0 Å². The molecule has 0 unspecified atom stereocenters. The van der Waals surface area contributed by atoms with Gasteiger partial charge in [-0.15, -0.1) is 0 Å². The molecule has 5 rings (SSSR count). The van der Waals surface area contributed by atoms with Crippen LogP contribution >= 0.6 is 0 Å². The molecule has 0 spiro atoms. The Morgan fingerprint density at radius 2 is 2.00 bits per heavy atom. The average molecular weight is 320 g/mol. The third kappa shape index (κ3) is 2.05. The van der Waals surface area contributed by atoms with E-state index in [1.165, 1.54) is 0 Å². The lowest BCUT2D eigenvalue weighted by Gasteiger charge is -2.27. The number of nitrogens with one attached hydrogen (secondary N) is 1. The van der Waals surface area contributed by atoms with Crippen LogP contribution in [0, 0.1) is 0 Å². The van der Waals surface area contributed by atoms with Gasteiger partial charge in [0.2, 0.25) is 0 Å². The second kappa shape index (κ2) is 5.31. The van der Waals surface area contributed by atoms with Crippen molar-refractivity contribution in [1.29, 1.82) is 0 Å². The van der Waals surface area contributed by atoms with Crippen LogP contribution in [-0.4, -0.2) is 51.0 Å². The van der Waals surface area contributed by atoms with Gasteiger partial charge in [0.05, 0.1) is 30.5 Å². The van der Waals surface area contributed by atoms with Gasteiger partial charge in [0.1, 0.15) is 12.1 Å². The molecule has 7 nitrogen and oxygen atoms in total. The molecule has 1 N–H and O–H groups in total. The van der Waals surface area contributed by atoms with Gasteiger partial charge in [-0.05, 0) is 24.3 Å². The number of aromatic amines is 1. The monoisotopic (exact) mass is 320 g/mol. The molecule has 0 radical (unpaired) electrons. The van der Waals surface area contributed by atoms with Gasteiger partial charge >= 0.3 is 0 Å². The minimum atomic E-state index is 0.726. The summed E-state index contributed by atoms with van der Waals surface area (Å²) in [6.45, 7) is 3.13. The lowest BCUT2D eigenvalue weighted by atomic mass is 10.2. The lowest BCUT2D eigenvalue weighted by molar-refractivity contribution is 0.122. The smallest absolute Gasteiger partial charge is 0.168 e. The van der Waals surface area contributed by atoms with E-state index >= 15 is 0 Å². The van der Waals surface area contributed by atoms with Crippen molar-refractivity contribution in [3.63, 3.8) is 0 Å². The topological polar surface area (TPSA) is 71.9 Å². The molecule has 120 valence electrons. The van der Waals surface area contributed by atoms with E-state index in [-0.39, 0.29) is 0 Å². The van der Waals surface area contributed by atoms with Gasteiger partial charge in [-0.2, -0.15) is 5.10 Å². The third-order valence-electron chi connectivity index (χ3n) is 4.44. The first-order valence-electron chi connectivity index (χ1n) is 7.99. The molecule has 1 fully saturated rings. The van der Waals surface area contributed by atoms with E-state index in [0.29, 0.717) is 0 Å². The average Bonchev–Trinajstić information content (AvgIpc) is 3.28. The van der Waals surface area contributed by atoms with E-state index < -0.39 is 0 Å². The van der Waals surface area contributed by atoms with Crippen molar-refractivity contribution < 1.29 is 4.74 Å². The molecule has 0 bridgehead atoms. The fourth-order valence-corrected chi connectivity index (χ4v) is 3.22. The summed E-state index contributed by atoms with van der Waals surface area (Å²) in [6.07, 6.45) is 5.40. The van der Waals surface area contributed by atoms with E-state index in [1.807, 2.05) is 23.1 Å². The predicted molar refractivity (Wildman–Crippen MR) is 91.5 cm³/mol. The second-order valence-electron chi connectivity index (χ2n) is 5.84. The highest BCUT2D eigenvalue weighted by Gasteiger charge is 2.18. The summed E-state index contributed by atoms with van der Waals surface area (Å²) in [6, 6.07) is 8.26. The highest BCUT2D eigenvalue weighted by molar-refractivity contribution is 5.88. The molecule has 0 amide bonds. The maximum absolute atomic E-state index is 5.43. The molecule has 0 saturated carbocycles. The summed E-state index contributed by atoms with van der Waals surface area (Å²) in [5.41, 5.74) is 2.92. The third-order valence-corrected chi connectivity index (χ3v) is 4.44. The number of morpholine rings is 1. The van der Waals surface area contributed by atoms with Crippen LogP contribution in [0.3, 0.4) is 0 Å². The Bertz CT molecular complexity index is 1010. The summed E-state index contributed by atoms with van der Waals surface area (Å²) in [5.74, 6) is 0.928. The van der Waals surface area contributed by atoms with Gasteiger partial charge in [0, 0.05) is 30.2 Å². The molecule has 0 aliphatic carbocycles. The van der Waals surface area contributed by atoms with Crippen molar-refractivity contribution in [2.75, 3.05) is 31.2 Å². The molecule has 1 saturated heterocycles. The summed E-state index contributed by atoms with van der Waals surface area (Å²) >= 11 is 0. The van der Waals surface area contributed by atoms with Gasteiger partial charge in [-0.3, -0.25) is 0 Å². The van der Waals surface area contributed by atoms with E-state index in [1.54, 1.807) is 6.33 Å². The largest absolute Gasteiger partial charge is 0.378 e. The van der Waals surface area contributed by atoms with Gasteiger partial charge in [-0.1, -0.05) is 0 Å².